The Balaban J connectivity index is 0. The second kappa shape index (κ2) is 14.7. The first-order valence-electron chi connectivity index (χ1n) is 6.44. The van der Waals surface area contributed by atoms with E-state index in [9.17, 15) is 9.59 Å². The van der Waals surface area contributed by atoms with Crippen LogP contribution >= 0.6 is 0 Å². The molecular weight excluding hydrogens is 331 g/mol. The molecule has 0 aliphatic carbocycles. The molecule has 20 heavy (non-hydrogen) atoms. The van der Waals surface area contributed by atoms with Crippen molar-refractivity contribution in [2.24, 2.45) is 0 Å². The average molecular weight is 352 g/mol. The normalized spacial score (nSPS) is 11.2. The van der Waals surface area contributed by atoms with Gasteiger partial charge in [0.15, 0.2) is 0 Å². The van der Waals surface area contributed by atoms with Gasteiger partial charge in [0.25, 0.3) is 0 Å². The fourth-order valence-corrected chi connectivity index (χ4v) is 1.09. The molecule has 2 rings (SSSR count). The van der Waals surface area contributed by atoms with E-state index in [0.29, 0.717) is 13.1 Å². The van der Waals surface area contributed by atoms with Gasteiger partial charge < -0.3 is 9.64 Å². The molecule has 1 aliphatic heterocycles. The van der Waals surface area contributed by atoms with Crippen LogP contribution < -0.4 is 0 Å². The summed E-state index contributed by atoms with van der Waals surface area (Å²) in [6, 6.07) is 12.5. The van der Waals surface area contributed by atoms with Gasteiger partial charge in [0, 0.05) is 32.7 Å². The smallest absolute Gasteiger partial charge is 0.396 e. The molecule has 0 bridgehead atoms. The van der Waals surface area contributed by atoms with Crippen LogP contribution in [-0.4, -0.2) is 36.5 Å². The largest absolute Gasteiger partial charge is 0.459 e. The topological polar surface area (TPSA) is 46.6 Å². The second-order valence-corrected chi connectivity index (χ2v) is 3.30. The van der Waals surface area contributed by atoms with Crippen molar-refractivity contribution in [1.82, 2.24) is 4.90 Å². The third-order valence-corrected chi connectivity index (χ3v) is 2.04. The molecular formula is C15H21NO3Y-2. The number of nitrogens with zero attached hydrogens (tertiary/aromatic N) is 1. The molecule has 5 heteroatoms. The van der Waals surface area contributed by atoms with Crippen molar-refractivity contribution in [1.29, 1.82) is 0 Å². The van der Waals surface area contributed by atoms with E-state index in [0.717, 1.165) is 0 Å². The minimum absolute atomic E-state index is 0. The van der Waals surface area contributed by atoms with E-state index in [4.69, 9.17) is 0 Å². The Morgan fingerprint density at radius 2 is 1.75 bits per heavy atom. The van der Waals surface area contributed by atoms with E-state index in [-0.39, 0.29) is 39.3 Å². The fraction of sp³-hybridized carbons (Fsp3) is 0.400. The molecule has 0 spiro atoms. The number of esters is 1. The number of hydrogen-bond acceptors (Lipinski definition) is 3. The van der Waals surface area contributed by atoms with E-state index in [1.807, 2.05) is 50.6 Å². The quantitative estimate of drug-likeness (QED) is 0.442. The van der Waals surface area contributed by atoms with Gasteiger partial charge in [-0.1, -0.05) is 13.8 Å². The predicted molar refractivity (Wildman–Crippen MR) is 74.1 cm³/mol. The zero-order valence-corrected chi connectivity index (χ0v) is 15.2. The molecule has 0 atom stereocenters. The zero-order chi connectivity index (χ0) is 14.5. The van der Waals surface area contributed by atoms with Gasteiger partial charge in [0.1, 0.15) is 0 Å². The average Bonchev–Trinajstić information content (AvgIpc) is 2.42. The van der Waals surface area contributed by atoms with Crippen LogP contribution in [-0.2, 0) is 47.0 Å². The van der Waals surface area contributed by atoms with Gasteiger partial charge >= 0.3 is 11.9 Å². The maximum atomic E-state index is 10.9. The molecule has 1 fully saturated rings. The van der Waals surface area contributed by atoms with Crippen molar-refractivity contribution < 1.29 is 47.0 Å². The number of carbonyl (C=O) groups excluding carboxylic acids is 2. The van der Waals surface area contributed by atoms with Gasteiger partial charge in [0.2, 0.25) is 0 Å². The van der Waals surface area contributed by atoms with Gasteiger partial charge in [-0.2, -0.15) is 36.4 Å². The van der Waals surface area contributed by atoms with Gasteiger partial charge in [-0.05, 0) is 6.92 Å². The molecule has 1 aromatic carbocycles. The zero-order valence-electron chi connectivity index (χ0n) is 12.3. The molecule has 109 valence electrons. The van der Waals surface area contributed by atoms with Crippen molar-refractivity contribution in [2.75, 3.05) is 19.7 Å². The summed E-state index contributed by atoms with van der Waals surface area (Å²) in [5, 5.41) is 0. The second-order valence-electron chi connectivity index (χ2n) is 3.30. The van der Waals surface area contributed by atoms with Crippen LogP contribution in [0.4, 0.5) is 0 Å². The number of ether oxygens (including phenoxy) is 1. The van der Waals surface area contributed by atoms with Crippen LogP contribution in [0, 0.1) is 12.5 Å². The maximum absolute atomic E-state index is 10.9. The summed E-state index contributed by atoms with van der Waals surface area (Å²) in [5.74, 6) is -1.28. The minimum atomic E-state index is -0.749. The number of benzene rings is 1. The maximum Gasteiger partial charge on any atom is 0.396 e. The molecule has 4 nitrogen and oxygen atoms in total. The van der Waals surface area contributed by atoms with E-state index >= 15 is 0 Å². The van der Waals surface area contributed by atoms with Gasteiger partial charge in [-0.15, -0.1) is 13.1 Å². The van der Waals surface area contributed by atoms with E-state index in [2.05, 4.69) is 10.8 Å². The summed E-state index contributed by atoms with van der Waals surface area (Å²) in [4.78, 5) is 23.1. The summed E-state index contributed by atoms with van der Waals surface area (Å²) in [6.45, 7) is 7.06. The van der Waals surface area contributed by atoms with Crippen molar-refractivity contribution in [3.05, 3.63) is 42.8 Å². The molecule has 1 saturated heterocycles. The Bertz CT molecular complexity index is 327. The molecule has 0 unspecified atom stereocenters. The van der Waals surface area contributed by atoms with Crippen LogP contribution in [0.2, 0.25) is 0 Å². The van der Waals surface area contributed by atoms with E-state index in [1.165, 1.54) is 4.90 Å². The molecule has 0 N–H and O–H groups in total. The third-order valence-electron chi connectivity index (χ3n) is 2.04. The molecule has 1 aromatic rings. The van der Waals surface area contributed by atoms with E-state index < -0.39 is 11.9 Å². The first-order chi connectivity index (χ1) is 9.25. The Labute approximate surface area is 146 Å². The van der Waals surface area contributed by atoms with Crippen LogP contribution in [0.5, 0.6) is 0 Å². The van der Waals surface area contributed by atoms with Gasteiger partial charge in [0.05, 0.1) is 6.61 Å². The minimum Gasteiger partial charge on any atom is -0.459 e. The fourth-order valence-electron chi connectivity index (χ4n) is 1.09. The van der Waals surface area contributed by atoms with Crippen LogP contribution in [0.15, 0.2) is 30.3 Å². The van der Waals surface area contributed by atoms with Crippen molar-refractivity contribution in [3.8, 4) is 0 Å². The molecule has 0 saturated carbocycles. The summed E-state index contributed by atoms with van der Waals surface area (Å²) >= 11 is 0. The van der Waals surface area contributed by atoms with Crippen molar-refractivity contribution >= 4 is 11.9 Å². The Hall–Kier alpha value is -0.736. The number of rotatable bonds is 1. The van der Waals surface area contributed by atoms with Gasteiger partial charge in [-0.3, -0.25) is 11.2 Å². The number of likely N-dealkylation sites (tertiary alicyclic amines) is 1. The van der Waals surface area contributed by atoms with E-state index in [1.54, 1.807) is 6.92 Å². The van der Waals surface area contributed by atoms with Crippen LogP contribution in [0.25, 0.3) is 0 Å². The van der Waals surface area contributed by atoms with Gasteiger partial charge in [-0.25, -0.2) is 4.79 Å². The van der Waals surface area contributed by atoms with Crippen molar-refractivity contribution in [3.63, 3.8) is 0 Å². The first-order valence-corrected chi connectivity index (χ1v) is 6.44. The number of amides is 1. The monoisotopic (exact) mass is 352 g/mol. The SMILES string of the molecule is CC.CCOC(=O)C(=O)N1C[CH-]C1.[Y].[c-]1ccccc1. The third kappa shape index (κ3) is 9.21. The summed E-state index contributed by atoms with van der Waals surface area (Å²) in [7, 11) is 0. The molecule has 1 amide bonds. The molecule has 1 radical (unpaired) electrons. The van der Waals surface area contributed by atoms with Crippen LogP contribution in [0.1, 0.15) is 20.8 Å². The Morgan fingerprint density at radius 3 is 2.00 bits per heavy atom. The molecule has 1 aliphatic rings. The summed E-state index contributed by atoms with van der Waals surface area (Å²) < 4.78 is 4.52. The summed E-state index contributed by atoms with van der Waals surface area (Å²) in [6.07, 6.45) is 1.91. The first kappa shape index (κ1) is 21.6. The van der Waals surface area contributed by atoms with Crippen LogP contribution in [0.3, 0.4) is 0 Å². The Morgan fingerprint density at radius 1 is 1.20 bits per heavy atom. The van der Waals surface area contributed by atoms with Crippen molar-refractivity contribution in [2.45, 2.75) is 20.8 Å². The molecule has 0 aromatic heterocycles. The summed E-state index contributed by atoms with van der Waals surface area (Å²) in [5.41, 5.74) is 0. The predicted octanol–water partition coefficient (Wildman–Crippen LogP) is 2.11. The Kier molecular flexibility index (Phi) is 15.8. The number of carbonyl (C=O) groups is 2. The standard InChI is InChI=1S/C7H10NO3.C6H5.C2H6.Y/c1-2-11-7(10)6(9)8-4-3-5-8;1-2-4-6-5-3-1;1-2;/h3H,2,4-5H2,1H3;1-5H;1-2H3;/q2*-1;;. The number of hydrogen-bond donors (Lipinski definition) is 0. The molecule has 1 heterocycles.